The van der Waals surface area contributed by atoms with E-state index in [0.29, 0.717) is 80.2 Å². The molecule has 6 heterocycles. The first kappa shape index (κ1) is 51.4. The van der Waals surface area contributed by atoms with Crippen molar-refractivity contribution in [3.05, 3.63) is 82.9 Å². The highest BCUT2D eigenvalue weighted by Gasteiger charge is 2.44. The number of alkyl carbamates (subject to hydrolysis) is 2. The van der Waals surface area contributed by atoms with E-state index in [0.717, 1.165) is 41.4 Å². The zero-order valence-electron chi connectivity index (χ0n) is 42.9. The third-order valence-corrected chi connectivity index (χ3v) is 15.4. The Bertz CT molecular complexity index is 2660. The van der Waals surface area contributed by atoms with E-state index in [4.69, 9.17) is 28.9 Å². The molecule has 73 heavy (non-hydrogen) atoms. The van der Waals surface area contributed by atoms with Gasteiger partial charge in [-0.05, 0) is 91.5 Å². The minimum Gasteiger partial charge on any atom is -0.453 e. The largest absolute Gasteiger partial charge is 0.453 e. The van der Waals surface area contributed by atoms with Crippen LogP contribution >= 0.6 is 0 Å². The van der Waals surface area contributed by atoms with Crippen LogP contribution in [0.15, 0.2) is 48.5 Å². The number of anilines is 2. The van der Waals surface area contributed by atoms with Gasteiger partial charge in [-0.3, -0.25) is 9.59 Å². The number of methoxy groups -OCH3 is 4. The fourth-order valence-electron chi connectivity index (χ4n) is 11.5. The van der Waals surface area contributed by atoms with Crippen molar-refractivity contribution in [2.45, 2.75) is 121 Å². The van der Waals surface area contributed by atoms with E-state index in [1.807, 2.05) is 69.0 Å². The first-order valence-electron chi connectivity index (χ1n) is 25.5. The number of rotatable bonds is 14. The van der Waals surface area contributed by atoms with Gasteiger partial charge in [0, 0.05) is 58.9 Å². The maximum absolute atomic E-state index is 16.5. The minimum atomic E-state index is -0.833. The predicted octanol–water partition coefficient (Wildman–Crippen LogP) is 8.13. The van der Waals surface area contributed by atoms with Gasteiger partial charge >= 0.3 is 12.2 Å². The van der Waals surface area contributed by atoms with Gasteiger partial charge in [0.15, 0.2) is 11.6 Å². The number of benzene rings is 3. The Morgan fingerprint density at radius 3 is 1.47 bits per heavy atom. The second-order valence-corrected chi connectivity index (χ2v) is 20.5. The molecule has 0 bridgehead atoms. The third-order valence-electron chi connectivity index (χ3n) is 15.4. The van der Waals surface area contributed by atoms with Gasteiger partial charge in [0.25, 0.3) is 0 Å². The molecule has 4 saturated heterocycles. The minimum absolute atomic E-state index is 0.00132. The van der Waals surface area contributed by atoms with E-state index in [1.54, 1.807) is 24.0 Å². The lowest BCUT2D eigenvalue weighted by Crippen LogP contribution is -2.51. The molecule has 4 aliphatic heterocycles. The number of nitrogens with one attached hydrogen (secondary N) is 4. The van der Waals surface area contributed by atoms with E-state index < -0.39 is 48.0 Å². The number of carbonyl (C=O) groups excluding carboxylic acids is 4. The molecule has 8 atom stereocenters. The zero-order valence-corrected chi connectivity index (χ0v) is 42.9. The fraction of sp³-hybridized carbons (Fsp3) is 0.547. The molecule has 4 N–H and O–H groups in total. The molecule has 3 aromatic carbocycles. The molecule has 5 aromatic rings. The van der Waals surface area contributed by atoms with Gasteiger partial charge in [0.2, 0.25) is 11.8 Å². The number of aromatic amines is 2. The lowest BCUT2D eigenvalue weighted by atomic mass is 10.0. The average Bonchev–Trinajstić information content (AvgIpc) is 4.24. The van der Waals surface area contributed by atoms with Gasteiger partial charge in [-0.1, -0.05) is 39.8 Å². The maximum atomic E-state index is 16.5. The second-order valence-electron chi connectivity index (χ2n) is 20.5. The summed E-state index contributed by atoms with van der Waals surface area (Å²) in [5, 5.41) is 5.40. The highest BCUT2D eigenvalue weighted by atomic mass is 19.1. The molecule has 20 heteroatoms. The van der Waals surface area contributed by atoms with Crippen LogP contribution < -0.4 is 20.4 Å². The van der Waals surface area contributed by atoms with Crippen LogP contribution in [0, 0.1) is 23.5 Å². The number of hydrogen-bond donors (Lipinski definition) is 4. The number of fused-ring (bicyclic) bond motifs is 2. The summed E-state index contributed by atoms with van der Waals surface area (Å²) < 4.78 is 54.2. The Labute approximate surface area is 423 Å². The number of H-pyrrole nitrogens is 2. The van der Waals surface area contributed by atoms with Gasteiger partial charge in [-0.25, -0.2) is 28.3 Å². The van der Waals surface area contributed by atoms with Crippen molar-refractivity contribution in [3.8, 4) is 0 Å². The van der Waals surface area contributed by atoms with Crippen LogP contribution in [0.2, 0.25) is 0 Å². The molecule has 0 saturated carbocycles. The summed E-state index contributed by atoms with van der Waals surface area (Å²) in [6.45, 7) is 9.23. The van der Waals surface area contributed by atoms with Crippen LogP contribution in [0.3, 0.4) is 0 Å². The maximum Gasteiger partial charge on any atom is 0.407 e. The second kappa shape index (κ2) is 21.5. The Kier molecular flexibility index (Phi) is 15.1. The molecular formula is C53H68F2N10O8. The number of likely N-dealkylation sites (tertiary alicyclic amines) is 2. The number of ether oxygens (including phenoxy) is 4. The number of aromatic nitrogens is 4. The van der Waals surface area contributed by atoms with Crippen molar-refractivity contribution in [3.63, 3.8) is 0 Å². The summed E-state index contributed by atoms with van der Waals surface area (Å²) in [4.78, 5) is 77.3. The summed E-state index contributed by atoms with van der Waals surface area (Å²) in [6.07, 6.45) is 3.11. The third kappa shape index (κ3) is 10.2. The first-order chi connectivity index (χ1) is 35.1. The Balaban J connectivity index is 1.05. The highest BCUT2D eigenvalue weighted by Crippen LogP contribution is 2.49. The van der Waals surface area contributed by atoms with Gasteiger partial charge in [-0.2, -0.15) is 0 Å². The zero-order chi connectivity index (χ0) is 51.8. The van der Waals surface area contributed by atoms with Crippen LogP contribution in [0.25, 0.3) is 22.1 Å². The molecule has 4 amide bonds. The molecular weight excluding hydrogens is 943 g/mol. The van der Waals surface area contributed by atoms with Crippen molar-refractivity contribution < 1.29 is 46.9 Å². The molecule has 392 valence electrons. The smallest absolute Gasteiger partial charge is 0.407 e. The lowest BCUT2D eigenvalue weighted by Gasteiger charge is -2.35. The van der Waals surface area contributed by atoms with Crippen LogP contribution in [0.5, 0.6) is 0 Å². The molecule has 4 fully saturated rings. The summed E-state index contributed by atoms with van der Waals surface area (Å²) in [5.74, 6) is -1.06. The molecule has 0 radical (unpaired) electrons. The lowest BCUT2D eigenvalue weighted by molar-refractivity contribution is -0.136. The van der Waals surface area contributed by atoms with Gasteiger partial charge in [0.05, 0.1) is 72.7 Å². The first-order valence-corrected chi connectivity index (χ1v) is 25.5. The molecule has 0 spiro atoms. The summed E-state index contributed by atoms with van der Waals surface area (Å²) in [5.41, 5.74) is 5.03. The number of halogens is 2. The fourth-order valence-corrected chi connectivity index (χ4v) is 11.5. The molecule has 1 unspecified atom stereocenters. The van der Waals surface area contributed by atoms with Crippen LogP contribution in [0.4, 0.5) is 29.7 Å². The number of amides is 4. The summed E-state index contributed by atoms with van der Waals surface area (Å²) >= 11 is 0. The summed E-state index contributed by atoms with van der Waals surface area (Å²) in [7, 11) is 5.74. The normalized spacial score (nSPS) is 23.2. The molecule has 0 aliphatic carbocycles. The van der Waals surface area contributed by atoms with Crippen molar-refractivity contribution in [1.82, 2.24) is 40.4 Å². The van der Waals surface area contributed by atoms with Crippen LogP contribution in [0.1, 0.15) is 120 Å². The quantitative estimate of drug-likeness (QED) is 0.0834. The number of hydrogen-bond acceptors (Lipinski definition) is 12. The predicted molar refractivity (Wildman–Crippen MR) is 270 cm³/mol. The van der Waals surface area contributed by atoms with Crippen molar-refractivity contribution >= 4 is 57.4 Å². The van der Waals surface area contributed by atoms with Crippen LogP contribution in [-0.2, 0) is 28.5 Å². The average molecular weight is 1010 g/mol. The Morgan fingerprint density at radius 2 is 1.07 bits per heavy atom. The number of carbonyl (C=O) groups is 4. The van der Waals surface area contributed by atoms with Gasteiger partial charge in [0.1, 0.15) is 29.4 Å². The SMILES string of the molecule is COC(=O)NC(C(=O)N1C[C@@H](OC)C[C@H]1c1nc2cc([C@H]3CC[C@H](c4ccc5[nH]c([C@@H]6C[C@H](OC)CN6C(=O)[C@@H](NC(=O)OC)C(C)C)nc5c4)N3c3cc(F)c(N4CCCCC4)c(F)c3)ccc2[nH]1)C(C)C. The topological polar surface area (TPSA) is 200 Å². The molecule has 18 nitrogen and oxygen atoms in total. The van der Waals surface area contributed by atoms with E-state index >= 15 is 8.78 Å². The number of piperidine rings is 1. The Hall–Kier alpha value is -6.54. The van der Waals surface area contributed by atoms with Crippen molar-refractivity contribution in [2.75, 3.05) is 64.4 Å². The van der Waals surface area contributed by atoms with Gasteiger partial charge in [-0.15, -0.1) is 0 Å². The standard InChI is InChI=1S/C53H68F2N10O8/c1-28(2)45(60-52(68)72-7)50(66)63-26-33(70-5)24-43(63)48-56-37-14-12-30(20-39(37)58-48)41-16-17-42(65(41)32-22-35(54)47(36(55)23-32)62-18-10-9-11-19-62)31-13-15-38-40(21-31)59-49(57-38)44-25-34(71-6)27-64(44)51(67)46(29(3)4)61-53(69)73-8/h12-15,20-23,28-29,33-34,41-46H,9-11,16-19,24-27H2,1-8H3,(H,56,58)(H,57,59)(H,60,68)(H,61,69)/t33-,34-,41+,42+,43-,44-,45-,46?/m0/s1. The van der Waals surface area contributed by atoms with Crippen LogP contribution in [-0.4, -0.2) is 133 Å². The number of nitrogens with zero attached hydrogens (tertiary/aromatic N) is 6. The Morgan fingerprint density at radius 1 is 0.630 bits per heavy atom. The molecule has 4 aliphatic rings. The summed E-state index contributed by atoms with van der Waals surface area (Å²) in [6, 6.07) is 11.6. The van der Waals surface area contributed by atoms with E-state index in [1.165, 1.54) is 26.4 Å². The van der Waals surface area contributed by atoms with Crippen molar-refractivity contribution in [2.24, 2.45) is 11.8 Å². The van der Waals surface area contributed by atoms with E-state index in [2.05, 4.69) is 25.5 Å². The van der Waals surface area contributed by atoms with E-state index in [9.17, 15) is 19.2 Å². The number of imidazole rings is 2. The van der Waals surface area contributed by atoms with E-state index in [-0.39, 0.29) is 53.6 Å². The van der Waals surface area contributed by atoms with Gasteiger partial charge < -0.3 is 59.1 Å². The molecule has 2 aromatic heterocycles. The highest BCUT2D eigenvalue weighted by molar-refractivity contribution is 5.88. The molecule has 9 rings (SSSR count). The van der Waals surface area contributed by atoms with Crippen molar-refractivity contribution in [1.29, 1.82) is 0 Å². The monoisotopic (exact) mass is 1010 g/mol.